The van der Waals surface area contributed by atoms with Crippen molar-refractivity contribution in [2.75, 3.05) is 6.54 Å². The number of hydrogen-bond acceptors (Lipinski definition) is 3. The number of hydrogen-bond donors (Lipinski definition) is 1. The molecule has 2 nitrogen and oxygen atoms in total. The van der Waals surface area contributed by atoms with Gasteiger partial charge in [-0.25, -0.2) is 9.37 Å². The van der Waals surface area contributed by atoms with E-state index in [4.69, 9.17) is 4.98 Å². The number of aryl methyl sites for hydroxylation is 1. The second-order valence-corrected chi connectivity index (χ2v) is 6.20. The normalized spacial score (nSPS) is 19.6. The molecule has 3 rings (SSSR count). The smallest absolute Gasteiger partial charge is 0.123 e. The minimum Gasteiger partial charge on any atom is -0.308 e. The predicted molar refractivity (Wildman–Crippen MR) is 76.8 cm³/mol. The van der Waals surface area contributed by atoms with Gasteiger partial charge in [-0.3, -0.25) is 0 Å². The van der Waals surface area contributed by atoms with E-state index in [0.29, 0.717) is 6.04 Å². The zero-order chi connectivity index (χ0) is 13.2. The highest BCUT2D eigenvalue weighted by molar-refractivity contribution is 7.12. The van der Waals surface area contributed by atoms with Crippen LogP contribution in [0.2, 0.25) is 0 Å². The van der Waals surface area contributed by atoms with Crippen LogP contribution in [0.15, 0.2) is 24.3 Å². The van der Waals surface area contributed by atoms with Gasteiger partial charge in [0.25, 0.3) is 0 Å². The molecule has 19 heavy (non-hydrogen) atoms. The maximum absolute atomic E-state index is 13.0. The monoisotopic (exact) mass is 276 g/mol. The van der Waals surface area contributed by atoms with Crippen LogP contribution >= 0.6 is 11.3 Å². The maximum Gasteiger partial charge on any atom is 0.123 e. The van der Waals surface area contributed by atoms with Crippen molar-refractivity contribution in [1.82, 2.24) is 10.3 Å². The van der Waals surface area contributed by atoms with E-state index in [1.807, 2.05) is 0 Å². The fourth-order valence-corrected chi connectivity index (χ4v) is 3.56. The number of thiazole rings is 1. The van der Waals surface area contributed by atoms with Crippen LogP contribution in [0.25, 0.3) is 11.3 Å². The molecule has 100 valence electrons. The molecule has 0 amide bonds. The van der Waals surface area contributed by atoms with Crippen LogP contribution in [0.4, 0.5) is 4.39 Å². The summed E-state index contributed by atoms with van der Waals surface area (Å²) in [4.78, 5) is 5.97. The molecule has 0 bridgehead atoms. The van der Waals surface area contributed by atoms with E-state index in [1.54, 1.807) is 23.5 Å². The van der Waals surface area contributed by atoms with E-state index in [-0.39, 0.29) is 5.82 Å². The standard InChI is InChI=1S/C15H17FN2S/c1-10-14(11-5-7-12(16)8-6-11)18-15(19-10)13-4-2-3-9-17-13/h5-8,13,17H,2-4,9H2,1H3. The third kappa shape index (κ3) is 2.69. The number of aromatic nitrogens is 1. The van der Waals surface area contributed by atoms with Crippen LogP contribution in [-0.2, 0) is 0 Å². The second-order valence-electron chi connectivity index (χ2n) is 4.97. The van der Waals surface area contributed by atoms with Crippen molar-refractivity contribution >= 4 is 11.3 Å². The average Bonchev–Trinajstić information content (AvgIpc) is 2.83. The van der Waals surface area contributed by atoms with Crippen LogP contribution in [0, 0.1) is 12.7 Å². The first-order valence-electron chi connectivity index (χ1n) is 6.70. The lowest BCUT2D eigenvalue weighted by atomic mass is 10.1. The van der Waals surface area contributed by atoms with Gasteiger partial charge in [0.05, 0.1) is 11.7 Å². The van der Waals surface area contributed by atoms with Crippen LogP contribution in [-0.4, -0.2) is 11.5 Å². The Kier molecular flexibility index (Phi) is 3.62. The molecule has 1 aliphatic heterocycles. The number of nitrogens with zero attached hydrogens (tertiary/aromatic N) is 1. The summed E-state index contributed by atoms with van der Waals surface area (Å²) < 4.78 is 13.0. The Balaban J connectivity index is 1.90. The summed E-state index contributed by atoms with van der Waals surface area (Å²) in [5.74, 6) is -0.203. The molecule has 1 atom stereocenters. The minimum absolute atomic E-state index is 0.203. The van der Waals surface area contributed by atoms with Gasteiger partial charge in [0.2, 0.25) is 0 Å². The van der Waals surface area contributed by atoms with E-state index in [1.165, 1.54) is 29.9 Å². The van der Waals surface area contributed by atoms with Crippen LogP contribution in [0.1, 0.15) is 35.2 Å². The third-order valence-electron chi connectivity index (χ3n) is 3.54. The Hall–Kier alpha value is -1.26. The molecule has 1 aromatic carbocycles. The lowest BCUT2D eigenvalue weighted by molar-refractivity contribution is 0.411. The van der Waals surface area contributed by atoms with Crippen molar-refractivity contribution in [2.45, 2.75) is 32.2 Å². The molecule has 1 unspecified atom stereocenters. The van der Waals surface area contributed by atoms with Gasteiger partial charge < -0.3 is 5.32 Å². The summed E-state index contributed by atoms with van der Waals surface area (Å²) in [6, 6.07) is 6.98. The van der Waals surface area contributed by atoms with Crippen LogP contribution in [0.3, 0.4) is 0 Å². The van der Waals surface area contributed by atoms with Gasteiger partial charge in [0.15, 0.2) is 0 Å². The van der Waals surface area contributed by atoms with E-state index >= 15 is 0 Å². The first kappa shape index (κ1) is 12.8. The topological polar surface area (TPSA) is 24.9 Å². The summed E-state index contributed by atoms with van der Waals surface area (Å²) in [7, 11) is 0. The maximum atomic E-state index is 13.0. The van der Waals surface area contributed by atoms with Crippen molar-refractivity contribution in [2.24, 2.45) is 0 Å². The highest BCUT2D eigenvalue weighted by Crippen LogP contribution is 2.33. The average molecular weight is 276 g/mol. The van der Waals surface area contributed by atoms with Crippen LogP contribution in [0.5, 0.6) is 0 Å². The molecular formula is C15H17FN2S. The lowest BCUT2D eigenvalue weighted by Gasteiger charge is -2.21. The molecule has 1 saturated heterocycles. The van der Waals surface area contributed by atoms with Gasteiger partial charge in [-0.05, 0) is 50.6 Å². The highest BCUT2D eigenvalue weighted by Gasteiger charge is 2.20. The van der Waals surface area contributed by atoms with E-state index in [0.717, 1.165) is 29.2 Å². The molecule has 0 aliphatic carbocycles. The van der Waals surface area contributed by atoms with Crippen molar-refractivity contribution < 1.29 is 4.39 Å². The number of piperidine rings is 1. The van der Waals surface area contributed by atoms with E-state index in [9.17, 15) is 4.39 Å². The highest BCUT2D eigenvalue weighted by atomic mass is 32.1. The van der Waals surface area contributed by atoms with Gasteiger partial charge in [-0.2, -0.15) is 0 Å². The summed E-state index contributed by atoms with van der Waals surface area (Å²) in [6.07, 6.45) is 3.68. The zero-order valence-electron chi connectivity index (χ0n) is 10.9. The van der Waals surface area contributed by atoms with E-state index in [2.05, 4.69) is 12.2 Å². The summed E-state index contributed by atoms with van der Waals surface area (Å²) in [5.41, 5.74) is 1.99. The summed E-state index contributed by atoms with van der Waals surface area (Å²) >= 11 is 1.75. The first-order chi connectivity index (χ1) is 9.24. The van der Waals surface area contributed by atoms with Gasteiger partial charge in [0.1, 0.15) is 10.8 Å². The Morgan fingerprint density at radius 1 is 1.26 bits per heavy atom. The molecule has 4 heteroatoms. The van der Waals surface area contributed by atoms with E-state index < -0.39 is 0 Å². The first-order valence-corrected chi connectivity index (χ1v) is 7.52. The largest absolute Gasteiger partial charge is 0.308 e. The fraction of sp³-hybridized carbons (Fsp3) is 0.400. The molecule has 2 aromatic rings. The molecule has 1 fully saturated rings. The molecule has 0 saturated carbocycles. The van der Waals surface area contributed by atoms with Crippen molar-refractivity contribution in [1.29, 1.82) is 0 Å². The molecule has 2 heterocycles. The SMILES string of the molecule is Cc1sc(C2CCCCN2)nc1-c1ccc(F)cc1. The van der Waals surface area contributed by atoms with Gasteiger partial charge >= 0.3 is 0 Å². The third-order valence-corrected chi connectivity index (χ3v) is 4.62. The molecule has 0 spiro atoms. The second kappa shape index (κ2) is 5.39. The Morgan fingerprint density at radius 3 is 2.74 bits per heavy atom. The summed E-state index contributed by atoms with van der Waals surface area (Å²) in [6.45, 7) is 3.16. The lowest BCUT2D eigenvalue weighted by Crippen LogP contribution is -2.26. The molecule has 1 aliphatic rings. The zero-order valence-corrected chi connectivity index (χ0v) is 11.8. The Morgan fingerprint density at radius 2 is 2.05 bits per heavy atom. The summed E-state index contributed by atoms with van der Waals surface area (Å²) in [5, 5.41) is 4.69. The van der Waals surface area contributed by atoms with Gasteiger partial charge in [0, 0.05) is 10.4 Å². The molecule has 1 N–H and O–H groups in total. The van der Waals surface area contributed by atoms with Gasteiger partial charge in [-0.15, -0.1) is 11.3 Å². The fourth-order valence-electron chi connectivity index (χ4n) is 2.50. The molecular weight excluding hydrogens is 259 g/mol. The predicted octanol–water partition coefficient (Wildman–Crippen LogP) is 4.07. The van der Waals surface area contributed by atoms with Gasteiger partial charge in [-0.1, -0.05) is 6.42 Å². The number of nitrogens with one attached hydrogen (secondary N) is 1. The number of rotatable bonds is 2. The van der Waals surface area contributed by atoms with Crippen LogP contribution < -0.4 is 5.32 Å². The molecule has 1 aromatic heterocycles. The van der Waals surface area contributed by atoms with Crippen molar-refractivity contribution in [3.63, 3.8) is 0 Å². The Labute approximate surface area is 116 Å². The van der Waals surface area contributed by atoms with Crippen molar-refractivity contribution in [3.8, 4) is 11.3 Å². The van der Waals surface area contributed by atoms with Crippen molar-refractivity contribution in [3.05, 3.63) is 40.0 Å². The minimum atomic E-state index is -0.203. The number of benzene rings is 1. The number of halogens is 1. The Bertz CT molecular complexity index is 556. The molecule has 0 radical (unpaired) electrons. The quantitative estimate of drug-likeness (QED) is 0.894.